The molecular weight excluding hydrogens is 361 g/mol. The van der Waals surface area contributed by atoms with Gasteiger partial charge < -0.3 is 25.0 Å². The molecule has 0 saturated heterocycles. The smallest absolute Gasteiger partial charge is 0.422 e. The van der Waals surface area contributed by atoms with Gasteiger partial charge in [-0.1, -0.05) is 12.1 Å². The monoisotopic (exact) mass is 390 g/mol. The summed E-state index contributed by atoms with van der Waals surface area (Å²) in [5, 5.41) is 6.39. The van der Waals surface area contributed by atoms with Crippen LogP contribution >= 0.6 is 0 Å². The first-order valence-corrected chi connectivity index (χ1v) is 8.74. The normalized spacial score (nSPS) is 12.3. The Kier molecular flexibility index (Phi) is 10.6. The zero-order valence-corrected chi connectivity index (χ0v) is 16.1. The largest absolute Gasteiger partial charge is 0.484 e. The maximum absolute atomic E-state index is 12.1. The molecule has 0 amide bonds. The number of methoxy groups -OCH3 is 1. The lowest BCUT2D eigenvalue weighted by molar-refractivity contribution is -0.153. The fraction of sp³-hybridized carbons (Fsp3) is 0.611. The molecule has 1 aromatic carbocycles. The Hall–Kier alpha value is -2.00. The van der Waals surface area contributed by atoms with Crippen molar-refractivity contribution in [1.82, 2.24) is 15.5 Å². The highest BCUT2D eigenvalue weighted by Crippen LogP contribution is 2.18. The van der Waals surface area contributed by atoms with Crippen LogP contribution in [0.3, 0.4) is 0 Å². The highest BCUT2D eigenvalue weighted by Gasteiger charge is 2.28. The molecule has 154 valence electrons. The fourth-order valence-electron chi connectivity index (χ4n) is 2.23. The van der Waals surface area contributed by atoms with Crippen molar-refractivity contribution >= 4 is 5.96 Å². The summed E-state index contributed by atoms with van der Waals surface area (Å²) in [5.41, 5.74) is 0.911. The van der Waals surface area contributed by atoms with Crippen LogP contribution in [0.5, 0.6) is 5.75 Å². The van der Waals surface area contributed by atoms with Crippen molar-refractivity contribution in [3.63, 3.8) is 0 Å². The lowest BCUT2D eigenvalue weighted by Crippen LogP contribution is -2.40. The number of alkyl halides is 3. The molecule has 0 atom stereocenters. The SMILES string of the molecule is CN=C(NCCN(C)CCCOC)NCc1ccc(OCC(F)(F)F)cc1. The molecule has 0 heterocycles. The van der Waals surface area contributed by atoms with Gasteiger partial charge in [-0.05, 0) is 31.2 Å². The van der Waals surface area contributed by atoms with Crippen LogP contribution in [-0.4, -0.2) is 71.1 Å². The second-order valence-electron chi connectivity index (χ2n) is 6.05. The standard InChI is InChI=1S/C18H29F3N4O2/c1-22-17(23-9-11-25(2)10-4-12-26-3)24-13-15-5-7-16(8-6-15)27-14-18(19,20)21/h5-8H,4,9-14H2,1-3H3,(H2,22,23,24). The second-order valence-corrected chi connectivity index (χ2v) is 6.05. The van der Waals surface area contributed by atoms with Crippen LogP contribution < -0.4 is 15.4 Å². The lowest BCUT2D eigenvalue weighted by Gasteiger charge is -2.18. The van der Waals surface area contributed by atoms with Crippen molar-refractivity contribution in [1.29, 1.82) is 0 Å². The molecular formula is C18H29F3N4O2. The fourth-order valence-corrected chi connectivity index (χ4v) is 2.23. The summed E-state index contributed by atoms with van der Waals surface area (Å²) in [6, 6.07) is 6.48. The highest BCUT2D eigenvalue weighted by atomic mass is 19.4. The zero-order valence-electron chi connectivity index (χ0n) is 16.1. The van der Waals surface area contributed by atoms with Crippen LogP contribution in [0.15, 0.2) is 29.3 Å². The van der Waals surface area contributed by atoms with Gasteiger partial charge in [-0.2, -0.15) is 13.2 Å². The van der Waals surface area contributed by atoms with Crippen LogP contribution in [0.2, 0.25) is 0 Å². The molecule has 0 unspecified atom stereocenters. The third kappa shape index (κ3) is 11.3. The molecule has 0 spiro atoms. The van der Waals surface area contributed by atoms with E-state index in [1.54, 1.807) is 26.3 Å². The minimum Gasteiger partial charge on any atom is -0.484 e. The summed E-state index contributed by atoms with van der Waals surface area (Å²) in [5.74, 6) is 0.854. The summed E-state index contributed by atoms with van der Waals surface area (Å²) in [7, 11) is 5.43. The Morgan fingerprint density at radius 1 is 1.15 bits per heavy atom. The van der Waals surface area contributed by atoms with Gasteiger partial charge in [0, 0.05) is 46.9 Å². The molecule has 0 fully saturated rings. The van der Waals surface area contributed by atoms with Crippen molar-refractivity contribution in [2.75, 3.05) is 54.1 Å². The average Bonchev–Trinajstić information content (AvgIpc) is 2.63. The van der Waals surface area contributed by atoms with Crippen molar-refractivity contribution in [3.05, 3.63) is 29.8 Å². The molecule has 1 rings (SSSR count). The van der Waals surface area contributed by atoms with Gasteiger partial charge in [-0.3, -0.25) is 4.99 Å². The second kappa shape index (κ2) is 12.4. The van der Waals surface area contributed by atoms with E-state index in [0.29, 0.717) is 12.5 Å². The van der Waals surface area contributed by atoms with Crippen LogP contribution in [0.4, 0.5) is 13.2 Å². The van der Waals surface area contributed by atoms with Gasteiger partial charge >= 0.3 is 6.18 Å². The van der Waals surface area contributed by atoms with Crippen molar-refractivity contribution in [2.24, 2.45) is 4.99 Å². The van der Waals surface area contributed by atoms with Crippen LogP contribution in [-0.2, 0) is 11.3 Å². The van der Waals surface area contributed by atoms with Gasteiger partial charge in [-0.15, -0.1) is 0 Å². The molecule has 0 aliphatic heterocycles. The molecule has 0 radical (unpaired) electrons. The first kappa shape index (κ1) is 23.0. The Morgan fingerprint density at radius 3 is 2.44 bits per heavy atom. The van der Waals surface area contributed by atoms with E-state index in [4.69, 9.17) is 4.74 Å². The number of hydrogen-bond donors (Lipinski definition) is 2. The van der Waals surface area contributed by atoms with Gasteiger partial charge in [0.25, 0.3) is 0 Å². The predicted molar refractivity (Wildman–Crippen MR) is 100 cm³/mol. The highest BCUT2D eigenvalue weighted by molar-refractivity contribution is 5.79. The van der Waals surface area contributed by atoms with Gasteiger partial charge in [0.1, 0.15) is 5.75 Å². The average molecular weight is 390 g/mol. The molecule has 6 nitrogen and oxygen atoms in total. The van der Waals surface area contributed by atoms with E-state index >= 15 is 0 Å². The number of aliphatic imine (C=N–C) groups is 1. The van der Waals surface area contributed by atoms with E-state index in [1.807, 2.05) is 0 Å². The molecule has 27 heavy (non-hydrogen) atoms. The van der Waals surface area contributed by atoms with E-state index in [0.717, 1.165) is 38.2 Å². The zero-order chi connectivity index (χ0) is 20.1. The van der Waals surface area contributed by atoms with Crippen LogP contribution in [0.1, 0.15) is 12.0 Å². The first-order chi connectivity index (χ1) is 12.8. The van der Waals surface area contributed by atoms with Gasteiger partial charge in [0.15, 0.2) is 12.6 Å². The molecule has 0 bridgehead atoms. The van der Waals surface area contributed by atoms with Crippen molar-refractivity contribution in [3.8, 4) is 5.75 Å². The summed E-state index contributed by atoms with van der Waals surface area (Å²) < 4.78 is 46.1. The van der Waals surface area contributed by atoms with E-state index in [2.05, 4.69) is 32.3 Å². The minimum absolute atomic E-state index is 0.190. The Labute approximate surface area is 158 Å². The predicted octanol–water partition coefficient (Wildman–Crippen LogP) is 2.26. The third-order valence-corrected chi connectivity index (χ3v) is 3.68. The quantitative estimate of drug-likeness (QED) is 0.345. The molecule has 9 heteroatoms. The van der Waals surface area contributed by atoms with Gasteiger partial charge in [0.05, 0.1) is 0 Å². The summed E-state index contributed by atoms with van der Waals surface area (Å²) >= 11 is 0. The molecule has 0 aliphatic carbocycles. The van der Waals surface area contributed by atoms with Crippen molar-refractivity contribution < 1.29 is 22.6 Å². The number of hydrogen-bond acceptors (Lipinski definition) is 4. The Bertz CT molecular complexity index is 551. The lowest BCUT2D eigenvalue weighted by atomic mass is 10.2. The number of nitrogens with one attached hydrogen (secondary N) is 2. The number of rotatable bonds is 11. The van der Waals surface area contributed by atoms with Gasteiger partial charge in [-0.25, -0.2) is 0 Å². The van der Waals surface area contributed by atoms with Crippen LogP contribution in [0.25, 0.3) is 0 Å². The number of guanidine groups is 1. The Balaban J connectivity index is 2.29. The number of likely N-dealkylation sites (N-methyl/N-ethyl adjacent to an activating group) is 1. The van der Waals surface area contributed by atoms with Gasteiger partial charge in [0.2, 0.25) is 0 Å². The molecule has 2 N–H and O–H groups in total. The molecule has 0 aromatic heterocycles. The number of benzene rings is 1. The molecule has 1 aromatic rings. The van der Waals surface area contributed by atoms with E-state index in [1.165, 1.54) is 12.1 Å². The maximum Gasteiger partial charge on any atom is 0.422 e. The summed E-state index contributed by atoms with van der Waals surface area (Å²) in [6.07, 6.45) is -3.35. The summed E-state index contributed by atoms with van der Waals surface area (Å²) in [6.45, 7) is 2.54. The Morgan fingerprint density at radius 2 is 1.85 bits per heavy atom. The molecule has 0 aliphatic rings. The topological polar surface area (TPSA) is 58.1 Å². The van der Waals surface area contributed by atoms with Crippen molar-refractivity contribution in [2.45, 2.75) is 19.1 Å². The number of nitrogens with zero attached hydrogens (tertiary/aromatic N) is 2. The summed E-state index contributed by atoms with van der Waals surface area (Å²) in [4.78, 5) is 6.36. The van der Waals surface area contributed by atoms with E-state index in [9.17, 15) is 13.2 Å². The van der Waals surface area contributed by atoms with E-state index in [-0.39, 0.29) is 5.75 Å². The third-order valence-electron chi connectivity index (χ3n) is 3.68. The number of halogens is 3. The first-order valence-electron chi connectivity index (χ1n) is 8.74. The maximum atomic E-state index is 12.1. The molecule has 0 saturated carbocycles. The minimum atomic E-state index is -4.34. The van der Waals surface area contributed by atoms with E-state index < -0.39 is 12.8 Å². The number of ether oxygens (including phenoxy) is 2. The van der Waals surface area contributed by atoms with Crippen LogP contribution in [0, 0.1) is 0 Å².